The van der Waals surface area contributed by atoms with Crippen molar-refractivity contribution in [2.45, 2.75) is 45.6 Å². The van der Waals surface area contributed by atoms with Crippen molar-refractivity contribution in [3.8, 4) is 0 Å². The van der Waals surface area contributed by atoms with Gasteiger partial charge >= 0.3 is 0 Å². The largest absolute Gasteiger partial charge is 0.496 e. The molecule has 1 aliphatic heterocycles. The van der Waals surface area contributed by atoms with Crippen LogP contribution in [0.25, 0.3) is 0 Å². The number of thioether (sulfide) groups is 1. The number of nitrogens with one attached hydrogen (secondary N) is 1. The highest BCUT2D eigenvalue weighted by Crippen LogP contribution is 2.30. The average Bonchev–Trinajstić information content (AvgIpc) is 2.69. The molecule has 1 aromatic carbocycles. The van der Waals surface area contributed by atoms with Crippen LogP contribution in [0.15, 0.2) is 34.9 Å². The molecule has 0 unspecified atom stereocenters. The van der Waals surface area contributed by atoms with Crippen molar-refractivity contribution in [3.63, 3.8) is 0 Å². The summed E-state index contributed by atoms with van der Waals surface area (Å²) in [4.78, 5) is 28.1. The third kappa shape index (κ3) is 5.23. The van der Waals surface area contributed by atoms with Crippen molar-refractivity contribution in [2.75, 3.05) is 23.8 Å². The number of halogens is 1. The molecule has 1 fully saturated rings. The van der Waals surface area contributed by atoms with Crippen molar-refractivity contribution >= 4 is 40.9 Å². The molecule has 1 aromatic rings. The quantitative estimate of drug-likeness (QED) is 0.765. The lowest BCUT2D eigenvalue weighted by Gasteiger charge is -2.31. The number of allylic oxidation sites excluding steroid dienone is 1. The first kappa shape index (κ1) is 21.1. The number of amides is 2. The van der Waals surface area contributed by atoms with Gasteiger partial charge in [-0.3, -0.25) is 14.5 Å². The Bertz CT molecular complexity index is 751. The molecule has 2 amide bonds. The van der Waals surface area contributed by atoms with E-state index in [1.807, 2.05) is 0 Å². The number of nitrogens with zero attached hydrogens (tertiary/aromatic N) is 1. The zero-order valence-corrected chi connectivity index (χ0v) is 17.9. The summed E-state index contributed by atoms with van der Waals surface area (Å²) in [6, 6.07) is 7.16. The number of ether oxygens (including phenoxy) is 1. The first-order valence-electron chi connectivity index (χ1n) is 9.79. The number of hydrogen-bond donors (Lipinski definition) is 1. The average molecular weight is 423 g/mol. The van der Waals surface area contributed by atoms with E-state index in [1.165, 1.54) is 23.1 Å². The Hall–Kier alpha value is -1.66. The summed E-state index contributed by atoms with van der Waals surface area (Å²) < 4.78 is 5.55. The molecule has 0 radical (unpaired) electrons. The van der Waals surface area contributed by atoms with E-state index in [9.17, 15) is 9.59 Å². The predicted octanol–water partition coefficient (Wildman–Crippen LogP) is 4.36. The van der Waals surface area contributed by atoms with Crippen LogP contribution < -0.4 is 10.2 Å². The predicted molar refractivity (Wildman–Crippen MR) is 114 cm³/mol. The first-order valence-corrected chi connectivity index (χ1v) is 11.2. The molecule has 152 valence electrons. The fourth-order valence-electron chi connectivity index (χ4n) is 3.67. The summed E-state index contributed by atoms with van der Waals surface area (Å²) in [5, 5.41) is 3.72. The van der Waals surface area contributed by atoms with Crippen LogP contribution in [0.5, 0.6) is 0 Å². The van der Waals surface area contributed by atoms with E-state index in [0.29, 0.717) is 33.9 Å². The fourth-order valence-corrected chi connectivity index (χ4v) is 4.66. The van der Waals surface area contributed by atoms with E-state index in [2.05, 4.69) is 12.2 Å². The lowest BCUT2D eigenvalue weighted by molar-refractivity contribution is -0.123. The monoisotopic (exact) mass is 422 g/mol. The standard InChI is InChI=1S/C21H27ClN2O3S/c1-14-5-3-4-6-18(14)23-19(25)13-24(17-9-7-16(22)8-10-17)21(26)20-15(2)27-11-12-28-20/h7-10,14,18H,3-6,11-13H2,1-2H3,(H,23,25)/t14-,18-/m0/s1. The minimum absolute atomic E-state index is 0.0268. The highest BCUT2D eigenvalue weighted by Gasteiger charge is 2.29. The van der Waals surface area contributed by atoms with Crippen LogP contribution in [0.1, 0.15) is 39.5 Å². The molecule has 0 aromatic heterocycles. The van der Waals surface area contributed by atoms with Gasteiger partial charge in [0.15, 0.2) is 0 Å². The summed E-state index contributed by atoms with van der Waals surface area (Å²) in [7, 11) is 0. The number of hydrogen-bond acceptors (Lipinski definition) is 4. The van der Waals surface area contributed by atoms with Gasteiger partial charge in [0, 0.05) is 22.5 Å². The smallest absolute Gasteiger partial charge is 0.268 e. The minimum atomic E-state index is -0.212. The van der Waals surface area contributed by atoms with Crippen molar-refractivity contribution in [1.82, 2.24) is 5.32 Å². The summed E-state index contributed by atoms with van der Waals surface area (Å²) in [6.45, 7) is 4.54. The lowest BCUT2D eigenvalue weighted by atomic mass is 9.86. The van der Waals surface area contributed by atoms with Gasteiger partial charge in [0.05, 0.1) is 6.61 Å². The Morgan fingerprint density at radius 2 is 1.96 bits per heavy atom. The molecule has 5 nitrogen and oxygen atoms in total. The van der Waals surface area contributed by atoms with E-state index < -0.39 is 0 Å². The number of rotatable bonds is 5. The molecule has 2 aliphatic rings. The van der Waals surface area contributed by atoms with Gasteiger partial charge in [0.25, 0.3) is 5.91 Å². The molecular formula is C21H27ClN2O3S. The Balaban J connectivity index is 1.79. The van der Waals surface area contributed by atoms with Crippen molar-refractivity contribution in [2.24, 2.45) is 5.92 Å². The summed E-state index contributed by atoms with van der Waals surface area (Å²) in [6.07, 6.45) is 4.48. The van der Waals surface area contributed by atoms with E-state index in [-0.39, 0.29) is 24.4 Å². The van der Waals surface area contributed by atoms with Crippen LogP contribution in [0.4, 0.5) is 5.69 Å². The zero-order valence-electron chi connectivity index (χ0n) is 16.4. The third-order valence-electron chi connectivity index (χ3n) is 5.31. The van der Waals surface area contributed by atoms with Gasteiger partial charge in [-0.2, -0.15) is 0 Å². The molecule has 0 spiro atoms. The molecule has 0 saturated heterocycles. The third-order valence-corrected chi connectivity index (χ3v) is 6.68. The van der Waals surface area contributed by atoms with Crippen LogP contribution in [-0.4, -0.2) is 36.8 Å². The minimum Gasteiger partial charge on any atom is -0.496 e. The highest BCUT2D eigenvalue weighted by atomic mass is 35.5. The Labute approximate surface area is 175 Å². The van der Waals surface area contributed by atoms with E-state index >= 15 is 0 Å². The van der Waals surface area contributed by atoms with E-state index in [0.717, 1.165) is 25.0 Å². The van der Waals surface area contributed by atoms with Gasteiger partial charge in [-0.25, -0.2) is 0 Å². The second-order valence-electron chi connectivity index (χ2n) is 7.39. The van der Waals surface area contributed by atoms with Gasteiger partial charge in [-0.05, 0) is 49.9 Å². The Kier molecular flexibility index (Phi) is 7.30. The maximum absolute atomic E-state index is 13.2. The molecule has 1 saturated carbocycles. The molecular weight excluding hydrogens is 396 g/mol. The fraction of sp³-hybridized carbons (Fsp3) is 0.524. The number of carbonyl (C=O) groups is 2. The van der Waals surface area contributed by atoms with Crippen LogP contribution in [-0.2, 0) is 14.3 Å². The van der Waals surface area contributed by atoms with Crippen LogP contribution in [0.3, 0.4) is 0 Å². The normalized spacial score (nSPS) is 22.4. The number of benzene rings is 1. The van der Waals surface area contributed by atoms with E-state index in [1.54, 1.807) is 31.2 Å². The molecule has 7 heteroatoms. The maximum Gasteiger partial charge on any atom is 0.268 e. The van der Waals surface area contributed by atoms with Crippen LogP contribution in [0, 0.1) is 5.92 Å². The van der Waals surface area contributed by atoms with Crippen molar-refractivity contribution in [3.05, 3.63) is 40.0 Å². The van der Waals surface area contributed by atoms with E-state index in [4.69, 9.17) is 16.3 Å². The molecule has 1 aliphatic carbocycles. The summed E-state index contributed by atoms with van der Waals surface area (Å²) in [5.74, 6) is 1.45. The first-order chi connectivity index (χ1) is 13.5. The molecule has 28 heavy (non-hydrogen) atoms. The van der Waals surface area contributed by atoms with Crippen molar-refractivity contribution < 1.29 is 14.3 Å². The topological polar surface area (TPSA) is 58.6 Å². The molecule has 2 atom stereocenters. The summed E-state index contributed by atoms with van der Waals surface area (Å²) >= 11 is 7.48. The maximum atomic E-state index is 13.2. The molecule has 1 N–H and O–H groups in total. The van der Waals surface area contributed by atoms with Gasteiger partial charge in [0.1, 0.15) is 17.2 Å². The Morgan fingerprint density at radius 3 is 2.64 bits per heavy atom. The molecule has 0 bridgehead atoms. The molecule has 3 rings (SSSR count). The van der Waals surface area contributed by atoms with Gasteiger partial charge in [0.2, 0.25) is 5.91 Å². The number of anilines is 1. The Morgan fingerprint density at radius 1 is 1.25 bits per heavy atom. The molecule has 1 heterocycles. The van der Waals surface area contributed by atoms with Crippen molar-refractivity contribution in [1.29, 1.82) is 0 Å². The van der Waals surface area contributed by atoms with Gasteiger partial charge in [-0.1, -0.05) is 31.4 Å². The van der Waals surface area contributed by atoms with Gasteiger partial charge in [-0.15, -0.1) is 11.8 Å². The van der Waals surface area contributed by atoms with Gasteiger partial charge < -0.3 is 10.1 Å². The van der Waals surface area contributed by atoms with Crippen LogP contribution in [0.2, 0.25) is 5.02 Å². The SMILES string of the molecule is CC1=C(C(=O)N(CC(=O)N[C@H]2CCCC[C@@H]2C)c2ccc(Cl)cc2)SCCO1. The number of carbonyl (C=O) groups excluding carboxylic acids is 2. The van der Waals surface area contributed by atoms with Crippen LogP contribution >= 0.6 is 23.4 Å². The zero-order chi connectivity index (χ0) is 20.1. The second-order valence-corrected chi connectivity index (χ2v) is 8.93. The highest BCUT2D eigenvalue weighted by molar-refractivity contribution is 8.04. The second kappa shape index (κ2) is 9.70. The summed E-state index contributed by atoms with van der Waals surface area (Å²) in [5.41, 5.74) is 0.646. The lowest BCUT2D eigenvalue weighted by Crippen LogP contribution is -2.47.